The van der Waals surface area contributed by atoms with Gasteiger partial charge in [0.15, 0.2) is 0 Å². The Morgan fingerprint density at radius 1 is 1.39 bits per heavy atom. The topological polar surface area (TPSA) is 23.5 Å². The predicted octanol–water partition coefficient (Wildman–Crippen LogP) is 2.95. The maximum Gasteiger partial charge on any atom is 0.0497 e. The zero-order chi connectivity index (χ0) is 12.5. The molecule has 1 aliphatic heterocycles. The number of para-hydroxylation sites is 1. The van der Waals surface area contributed by atoms with Crippen LogP contribution in [0.25, 0.3) is 0 Å². The molecule has 1 aliphatic carbocycles. The second kappa shape index (κ2) is 4.93. The molecule has 1 atom stereocenters. The molecule has 1 unspecified atom stereocenters. The van der Waals surface area contributed by atoms with E-state index in [0.29, 0.717) is 0 Å². The molecule has 0 spiro atoms. The summed E-state index contributed by atoms with van der Waals surface area (Å²) in [6.07, 6.45) is 5.40. The zero-order valence-electron chi connectivity index (χ0n) is 11.2. The highest BCUT2D eigenvalue weighted by Gasteiger charge is 2.28. The summed E-state index contributed by atoms with van der Waals surface area (Å²) in [5.41, 5.74) is 4.25. The summed E-state index contributed by atoms with van der Waals surface area (Å²) >= 11 is 0. The van der Waals surface area contributed by atoms with E-state index in [1.165, 1.54) is 55.6 Å². The molecule has 0 bridgehead atoms. The van der Waals surface area contributed by atoms with E-state index in [-0.39, 0.29) is 12.5 Å². The van der Waals surface area contributed by atoms with E-state index < -0.39 is 0 Å². The Morgan fingerprint density at radius 2 is 2.22 bits per heavy atom. The van der Waals surface area contributed by atoms with Gasteiger partial charge in [-0.05, 0) is 36.3 Å². The van der Waals surface area contributed by atoms with Crippen molar-refractivity contribution in [1.29, 1.82) is 0 Å². The van der Waals surface area contributed by atoms with Gasteiger partial charge in [-0.2, -0.15) is 0 Å². The zero-order valence-corrected chi connectivity index (χ0v) is 11.2. The van der Waals surface area contributed by atoms with Crippen LogP contribution in [0, 0.1) is 5.92 Å². The number of rotatable bonds is 4. The van der Waals surface area contributed by atoms with Crippen LogP contribution in [0.2, 0.25) is 0 Å². The second-order valence-electron chi connectivity index (χ2n) is 5.93. The van der Waals surface area contributed by atoms with Gasteiger partial charge in [0.05, 0.1) is 0 Å². The summed E-state index contributed by atoms with van der Waals surface area (Å²) in [4.78, 5) is 2.57. The standard InChI is InChI=1S/C16H23NO/c1-12(11-18)15-7-3-6-14-8-9-17(16(14)15)10-13-4-2-5-13/h3,6-7,12-13,18H,2,4-5,8-11H2,1H3. The van der Waals surface area contributed by atoms with E-state index >= 15 is 0 Å². The van der Waals surface area contributed by atoms with Gasteiger partial charge in [0.25, 0.3) is 0 Å². The molecule has 0 amide bonds. The van der Waals surface area contributed by atoms with Crippen molar-refractivity contribution in [3.8, 4) is 0 Å². The molecule has 3 rings (SSSR count). The smallest absolute Gasteiger partial charge is 0.0497 e. The molecule has 1 aromatic carbocycles. The van der Waals surface area contributed by atoms with Gasteiger partial charge < -0.3 is 10.0 Å². The van der Waals surface area contributed by atoms with E-state index in [1.54, 1.807) is 0 Å². The fourth-order valence-electron chi connectivity index (χ4n) is 3.23. The average molecular weight is 245 g/mol. The largest absolute Gasteiger partial charge is 0.396 e. The third kappa shape index (κ3) is 2.03. The molecule has 0 radical (unpaired) electrons. The van der Waals surface area contributed by atoms with Crippen molar-refractivity contribution >= 4 is 5.69 Å². The lowest BCUT2D eigenvalue weighted by Gasteiger charge is -2.33. The van der Waals surface area contributed by atoms with Crippen LogP contribution in [0.15, 0.2) is 18.2 Å². The fraction of sp³-hybridized carbons (Fsp3) is 0.625. The number of aliphatic hydroxyl groups excluding tert-OH is 1. The van der Waals surface area contributed by atoms with Crippen LogP contribution in [0.5, 0.6) is 0 Å². The normalized spacial score (nSPS) is 20.7. The predicted molar refractivity (Wildman–Crippen MR) is 75.2 cm³/mol. The maximum atomic E-state index is 9.43. The quantitative estimate of drug-likeness (QED) is 0.881. The van der Waals surface area contributed by atoms with Crippen molar-refractivity contribution in [3.63, 3.8) is 0 Å². The number of anilines is 1. The number of aliphatic hydroxyl groups is 1. The van der Waals surface area contributed by atoms with Gasteiger partial charge in [-0.15, -0.1) is 0 Å². The summed E-state index contributed by atoms with van der Waals surface area (Å²) in [5, 5.41) is 9.43. The monoisotopic (exact) mass is 245 g/mol. The maximum absolute atomic E-state index is 9.43. The molecule has 1 saturated carbocycles. The third-order valence-corrected chi connectivity index (χ3v) is 4.63. The number of nitrogens with zero attached hydrogens (tertiary/aromatic N) is 1. The molecule has 1 fully saturated rings. The minimum Gasteiger partial charge on any atom is -0.396 e. The molecule has 18 heavy (non-hydrogen) atoms. The fourth-order valence-corrected chi connectivity index (χ4v) is 3.23. The first-order valence-corrected chi connectivity index (χ1v) is 7.27. The van der Waals surface area contributed by atoms with Gasteiger partial charge in [-0.1, -0.05) is 31.5 Å². The third-order valence-electron chi connectivity index (χ3n) is 4.63. The van der Waals surface area contributed by atoms with Crippen molar-refractivity contribution in [1.82, 2.24) is 0 Å². The lowest BCUT2D eigenvalue weighted by atomic mass is 9.85. The van der Waals surface area contributed by atoms with Crippen LogP contribution in [-0.2, 0) is 6.42 Å². The van der Waals surface area contributed by atoms with E-state index in [2.05, 4.69) is 30.0 Å². The summed E-state index contributed by atoms with van der Waals surface area (Å²) in [5.74, 6) is 1.16. The Labute approximate surface area is 110 Å². The van der Waals surface area contributed by atoms with Crippen molar-refractivity contribution in [2.24, 2.45) is 5.92 Å². The summed E-state index contributed by atoms with van der Waals surface area (Å²) in [6, 6.07) is 6.59. The molecule has 98 valence electrons. The lowest BCUT2D eigenvalue weighted by Crippen LogP contribution is -2.31. The Hall–Kier alpha value is -1.02. The van der Waals surface area contributed by atoms with Crippen molar-refractivity contribution in [2.75, 3.05) is 24.6 Å². The van der Waals surface area contributed by atoms with Gasteiger partial charge in [0.2, 0.25) is 0 Å². The van der Waals surface area contributed by atoms with E-state index in [0.717, 1.165) is 5.92 Å². The lowest BCUT2D eigenvalue weighted by molar-refractivity contribution is 0.273. The van der Waals surface area contributed by atoms with Gasteiger partial charge in [-0.25, -0.2) is 0 Å². The van der Waals surface area contributed by atoms with Gasteiger partial charge in [0.1, 0.15) is 0 Å². The Balaban J connectivity index is 1.87. The number of benzene rings is 1. The number of hydrogen-bond acceptors (Lipinski definition) is 2. The highest BCUT2D eigenvalue weighted by molar-refractivity contribution is 5.64. The van der Waals surface area contributed by atoms with E-state index in [9.17, 15) is 5.11 Å². The molecule has 2 aliphatic rings. The first-order chi connectivity index (χ1) is 8.79. The molecule has 0 aromatic heterocycles. The number of hydrogen-bond donors (Lipinski definition) is 1. The van der Waals surface area contributed by atoms with Crippen LogP contribution in [0.3, 0.4) is 0 Å². The van der Waals surface area contributed by atoms with Crippen LogP contribution >= 0.6 is 0 Å². The molecule has 2 heteroatoms. The Morgan fingerprint density at radius 3 is 2.89 bits per heavy atom. The minimum atomic E-state index is 0.244. The minimum absolute atomic E-state index is 0.244. The SMILES string of the molecule is CC(CO)c1cccc2c1N(CC1CCC1)CC2. The van der Waals surface area contributed by atoms with Crippen molar-refractivity contribution < 1.29 is 5.11 Å². The highest BCUT2D eigenvalue weighted by atomic mass is 16.3. The molecule has 1 heterocycles. The molecule has 2 nitrogen and oxygen atoms in total. The van der Waals surface area contributed by atoms with Crippen LogP contribution in [0.1, 0.15) is 43.2 Å². The van der Waals surface area contributed by atoms with Crippen molar-refractivity contribution in [2.45, 2.75) is 38.5 Å². The highest BCUT2D eigenvalue weighted by Crippen LogP contribution is 2.38. The molecular weight excluding hydrogens is 222 g/mol. The van der Waals surface area contributed by atoms with E-state index in [1.807, 2.05) is 0 Å². The molecule has 0 saturated heterocycles. The van der Waals surface area contributed by atoms with Crippen LogP contribution in [-0.4, -0.2) is 24.8 Å². The summed E-state index contributed by atoms with van der Waals surface area (Å²) in [7, 11) is 0. The summed E-state index contributed by atoms with van der Waals surface area (Å²) < 4.78 is 0. The van der Waals surface area contributed by atoms with Gasteiger partial charge in [-0.3, -0.25) is 0 Å². The molecular formula is C16H23NO. The second-order valence-corrected chi connectivity index (χ2v) is 5.93. The first-order valence-electron chi connectivity index (χ1n) is 7.27. The first kappa shape index (κ1) is 12.0. The Kier molecular flexibility index (Phi) is 3.29. The molecule has 1 N–H and O–H groups in total. The Bertz CT molecular complexity index is 425. The van der Waals surface area contributed by atoms with Crippen molar-refractivity contribution in [3.05, 3.63) is 29.3 Å². The average Bonchev–Trinajstić information content (AvgIpc) is 2.76. The molecule has 1 aromatic rings. The van der Waals surface area contributed by atoms with Gasteiger partial charge in [0, 0.05) is 31.3 Å². The summed E-state index contributed by atoms with van der Waals surface area (Å²) in [6.45, 7) is 4.76. The van der Waals surface area contributed by atoms with E-state index in [4.69, 9.17) is 0 Å². The van der Waals surface area contributed by atoms with Crippen LogP contribution in [0.4, 0.5) is 5.69 Å². The van der Waals surface area contributed by atoms with Gasteiger partial charge >= 0.3 is 0 Å². The number of fused-ring (bicyclic) bond motifs is 1. The van der Waals surface area contributed by atoms with Crippen LogP contribution < -0.4 is 4.90 Å².